The van der Waals surface area contributed by atoms with E-state index in [2.05, 4.69) is 32.9 Å². The number of carbonyl (C=O) groups excluding carboxylic acids is 1. The molecule has 0 spiro atoms. The van der Waals surface area contributed by atoms with Crippen LogP contribution in [-0.2, 0) is 4.74 Å². The Bertz CT molecular complexity index is 641. The number of hydrogen-bond donors (Lipinski definition) is 0. The number of ether oxygens (including phenoxy) is 1. The van der Waals surface area contributed by atoms with Gasteiger partial charge < -0.3 is 4.74 Å². The standard InChI is InChI=1S/C29H46O2/c1-4-6-8-10-23-11-18-27(19-12-23)31-29(30)26-16-14-25(15-17-26)28-20-13-24(9-7-5-2)21-22(28)3/h14-17,22-24,27-28H,4-13,18-21H2,1-3H3/t22-,23?,24?,27?,28-/m1/s1. The average Bonchev–Trinajstić information content (AvgIpc) is 2.79. The summed E-state index contributed by atoms with van der Waals surface area (Å²) in [5.74, 6) is 3.02. The zero-order valence-corrected chi connectivity index (χ0v) is 20.4. The van der Waals surface area contributed by atoms with Crippen LogP contribution in [0, 0.1) is 17.8 Å². The third-order valence-electron chi connectivity index (χ3n) is 8.10. The molecule has 1 aromatic carbocycles. The quantitative estimate of drug-likeness (QED) is 0.276. The van der Waals surface area contributed by atoms with E-state index in [4.69, 9.17) is 4.74 Å². The van der Waals surface area contributed by atoms with Crippen LogP contribution in [0.2, 0.25) is 0 Å². The first-order chi connectivity index (χ1) is 15.1. The fourth-order valence-corrected chi connectivity index (χ4v) is 6.07. The SMILES string of the molecule is CCCCCC1CCC(OC(=O)c2ccc([C@@H]3CCC(CCCC)C[C@H]3C)cc2)CC1. The van der Waals surface area contributed by atoms with Crippen molar-refractivity contribution in [2.24, 2.45) is 17.8 Å². The number of esters is 1. The molecule has 3 rings (SSSR count). The van der Waals surface area contributed by atoms with Gasteiger partial charge in [0.05, 0.1) is 5.56 Å². The maximum Gasteiger partial charge on any atom is 0.338 e. The lowest BCUT2D eigenvalue weighted by atomic mass is 9.71. The Morgan fingerprint density at radius 1 is 0.839 bits per heavy atom. The summed E-state index contributed by atoms with van der Waals surface area (Å²) in [6, 6.07) is 8.39. The molecular weight excluding hydrogens is 380 g/mol. The predicted octanol–water partition coefficient (Wildman–Crippen LogP) is 8.69. The van der Waals surface area contributed by atoms with E-state index in [1.807, 2.05) is 12.1 Å². The lowest BCUT2D eigenvalue weighted by Gasteiger charge is -2.34. The first-order valence-electron chi connectivity index (χ1n) is 13.4. The molecule has 0 amide bonds. The second-order valence-corrected chi connectivity index (χ2v) is 10.6. The molecule has 174 valence electrons. The maximum absolute atomic E-state index is 12.7. The van der Waals surface area contributed by atoms with Crippen molar-refractivity contribution >= 4 is 5.97 Å². The molecule has 0 aromatic heterocycles. The molecule has 2 nitrogen and oxygen atoms in total. The number of rotatable bonds is 10. The molecule has 0 N–H and O–H groups in total. The Kier molecular flexibility index (Phi) is 9.94. The molecular formula is C29H46O2. The summed E-state index contributed by atoms with van der Waals surface area (Å²) in [7, 11) is 0. The van der Waals surface area contributed by atoms with Crippen molar-refractivity contribution in [2.45, 2.75) is 123 Å². The van der Waals surface area contributed by atoms with Crippen molar-refractivity contribution in [3.63, 3.8) is 0 Å². The van der Waals surface area contributed by atoms with E-state index < -0.39 is 0 Å². The molecule has 0 radical (unpaired) electrons. The molecule has 3 atom stereocenters. The van der Waals surface area contributed by atoms with E-state index >= 15 is 0 Å². The van der Waals surface area contributed by atoms with Gasteiger partial charge in [-0.25, -0.2) is 4.79 Å². The van der Waals surface area contributed by atoms with Gasteiger partial charge in [-0.1, -0.05) is 77.8 Å². The second-order valence-electron chi connectivity index (χ2n) is 10.6. The molecule has 2 aliphatic carbocycles. The van der Waals surface area contributed by atoms with Crippen LogP contribution in [0.3, 0.4) is 0 Å². The molecule has 2 heteroatoms. The first kappa shape index (κ1) is 24.3. The summed E-state index contributed by atoms with van der Waals surface area (Å²) in [6.07, 6.45) is 18.1. The summed E-state index contributed by atoms with van der Waals surface area (Å²) in [5, 5.41) is 0. The molecule has 2 aliphatic rings. The van der Waals surface area contributed by atoms with E-state index in [1.54, 1.807) is 0 Å². The Morgan fingerprint density at radius 2 is 1.48 bits per heavy atom. The Morgan fingerprint density at radius 3 is 2.13 bits per heavy atom. The monoisotopic (exact) mass is 426 g/mol. The van der Waals surface area contributed by atoms with E-state index in [-0.39, 0.29) is 12.1 Å². The molecule has 0 bridgehead atoms. The van der Waals surface area contributed by atoms with Crippen LogP contribution in [0.4, 0.5) is 0 Å². The number of hydrogen-bond acceptors (Lipinski definition) is 2. The molecule has 1 unspecified atom stereocenters. The van der Waals surface area contributed by atoms with Crippen LogP contribution in [0.15, 0.2) is 24.3 Å². The van der Waals surface area contributed by atoms with Crippen LogP contribution >= 0.6 is 0 Å². The predicted molar refractivity (Wildman–Crippen MR) is 131 cm³/mol. The van der Waals surface area contributed by atoms with Gasteiger partial charge in [-0.3, -0.25) is 0 Å². The van der Waals surface area contributed by atoms with Crippen LogP contribution in [0.25, 0.3) is 0 Å². The summed E-state index contributed by atoms with van der Waals surface area (Å²) in [4.78, 5) is 12.7. The third kappa shape index (κ3) is 7.36. The van der Waals surface area contributed by atoms with Gasteiger partial charge >= 0.3 is 5.97 Å². The van der Waals surface area contributed by atoms with Gasteiger partial charge in [0.1, 0.15) is 6.10 Å². The highest BCUT2D eigenvalue weighted by Crippen LogP contribution is 2.41. The minimum Gasteiger partial charge on any atom is -0.459 e. The lowest BCUT2D eigenvalue weighted by molar-refractivity contribution is 0.0161. The molecule has 31 heavy (non-hydrogen) atoms. The van der Waals surface area contributed by atoms with E-state index in [1.165, 1.54) is 82.6 Å². The zero-order chi connectivity index (χ0) is 22.1. The summed E-state index contributed by atoms with van der Waals surface area (Å²) >= 11 is 0. The van der Waals surface area contributed by atoms with E-state index in [0.29, 0.717) is 5.92 Å². The smallest absolute Gasteiger partial charge is 0.338 e. The fourth-order valence-electron chi connectivity index (χ4n) is 6.07. The van der Waals surface area contributed by atoms with Crippen LogP contribution in [0.5, 0.6) is 0 Å². The molecule has 2 saturated carbocycles. The lowest BCUT2D eigenvalue weighted by Crippen LogP contribution is -2.24. The highest BCUT2D eigenvalue weighted by Gasteiger charge is 2.29. The fraction of sp³-hybridized carbons (Fsp3) is 0.759. The minimum absolute atomic E-state index is 0.119. The van der Waals surface area contributed by atoms with Gasteiger partial charge in [-0.05, 0) is 86.3 Å². The zero-order valence-electron chi connectivity index (χ0n) is 20.4. The van der Waals surface area contributed by atoms with Crippen LogP contribution in [0.1, 0.15) is 133 Å². The van der Waals surface area contributed by atoms with Gasteiger partial charge in [0.15, 0.2) is 0 Å². The average molecular weight is 427 g/mol. The molecule has 1 aromatic rings. The topological polar surface area (TPSA) is 26.3 Å². The highest BCUT2D eigenvalue weighted by molar-refractivity contribution is 5.89. The van der Waals surface area contributed by atoms with Crippen molar-refractivity contribution in [3.05, 3.63) is 35.4 Å². The van der Waals surface area contributed by atoms with Crippen LogP contribution in [-0.4, -0.2) is 12.1 Å². The minimum atomic E-state index is -0.127. The Labute approximate surface area is 191 Å². The number of benzene rings is 1. The Hall–Kier alpha value is -1.31. The Balaban J connectivity index is 1.44. The first-order valence-corrected chi connectivity index (χ1v) is 13.4. The van der Waals surface area contributed by atoms with E-state index in [9.17, 15) is 4.79 Å². The van der Waals surface area contributed by atoms with Crippen molar-refractivity contribution in [1.29, 1.82) is 0 Å². The van der Waals surface area contributed by atoms with Crippen LogP contribution < -0.4 is 0 Å². The number of carbonyl (C=O) groups is 1. The van der Waals surface area contributed by atoms with Crippen molar-refractivity contribution in [2.75, 3.05) is 0 Å². The van der Waals surface area contributed by atoms with Gasteiger partial charge in [0, 0.05) is 0 Å². The van der Waals surface area contributed by atoms with Crippen molar-refractivity contribution < 1.29 is 9.53 Å². The highest BCUT2D eigenvalue weighted by atomic mass is 16.5. The van der Waals surface area contributed by atoms with Gasteiger partial charge in [0.25, 0.3) is 0 Å². The second kappa shape index (κ2) is 12.7. The normalized spacial score (nSPS) is 28.9. The summed E-state index contributed by atoms with van der Waals surface area (Å²) < 4.78 is 5.87. The van der Waals surface area contributed by atoms with Gasteiger partial charge in [0.2, 0.25) is 0 Å². The summed E-state index contributed by atoms with van der Waals surface area (Å²) in [5.41, 5.74) is 2.13. The molecule has 0 heterocycles. The molecule has 0 aliphatic heterocycles. The van der Waals surface area contributed by atoms with Gasteiger partial charge in [-0.2, -0.15) is 0 Å². The molecule has 2 fully saturated rings. The third-order valence-corrected chi connectivity index (χ3v) is 8.10. The van der Waals surface area contributed by atoms with Crippen molar-refractivity contribution in [1.82, 2.24) is 0 Å². The maximum atomic E-state index is 12.7. The van der Waals surface area contributed by atoms with Gasteiger partial charge in [-0.15, -0.1) is 0 Å². The largest absolute Gasteiger partial charge is 0.459 e. The molecule has 0 saturated heterocycles. The summed E-state index contributed by atoms with van der Waals surface area (Å²) in [6.45, 7) is 6.98. The number of unbranched alkanes of at least 4 members (excludes halogenated alkanes) is 3. The van der Waals surface area contributed by atoms with Crippen molar-refractivity contribution in [3.8, 4) is 0 Å². The van der Waals surface area contributed by atoms with E-state index in [0.717, 1.165) is 36.2 Å².